The van der Waals surface area contributed by atoms with E-state index < -0.39 is 0 Å². The number of Topliss-reactive ketones (excluding diaryl/α,β-unsaturated/α-hetero) is 1. The molecule has 0 aliphatic heterocycles. The Balaban J connectivity index is 1.44. The fourth-order valence-electron chi connectivity index (χ4n) is 9.52. The van der Waals surface area contributed by atoms with Crippen molar-refractivity contribution in [2.45, 2.75) is 97.0 Å². The standard InChI is InChI=1S/C24H38O2/c1-15(25)18-4-3-11-24-13-10-20-19(22(24)8-7-21(18)24)6-5-16-14-17(26)9-12-23(16,20)2/h16-22,26H,3-14H2,1-2H3/t16-,17+,18-,19?,20?,21+,22?,23-,24+/m0/s1. The predicted molar refractivity (Wildman–Crippen MR) is 104 cm³/mol. The first-order valence-corrected chi connectivity index (χ1v) is 11.6. The molecule has 3 unspecified atom stereocenters. The third kappa shape index (κ3) is 2.29. The highest BCUT2D eigenvalue weighted by atomic mass is 16.3. The van der Waals surface area contributed by atoms with Gasteiger partial charge in [0.05, 0.1) is 6.10 Å². The first-order chi connectivity index (χ1) is 12.5. The molecule has 2 nitrogen and oxygen atoms in total. The number of hydrogen-bond donors (Lipinski definition) is 1. The molecule has 5 saturated carbocycles. The number of aliphatic hydroxyl groups excluding tert-OH is 1. The zero-order valence-corrected chi connectivity index (χ0v) is 16.9. The van der Waals surface area contributed by atoms with Crippen LogP contribution >= 0.6 is 0 Å². The summed E-state index contributed by atoms with van der Waals surface area (Å²) >= 11 is 0. The van der Waals surface area contributed by atoms with Crippen LogP contribution in [0.5, 0.6) is 0 Å². The lowest BCUT2D eigenvalue weighted by atomic mass is 9.43. The molecule has 0 aromatic heterocycles. The summed E-state index contributed by atoms with van der Waals surface area (Å²) in [7, 11) is 0. The molecule has 0 heterocycles. The summed E-state index contributed by atoms with van der Waals surface area (Å²) in [6.07, 6.45) is 15.5. The van der Waals surface area contributed by atoms with Crippen molar-refractivity contribution in [2.75, 3.05) is 0 Å². The first kappa shape index (κ1) is 17.7. The highest BCUT2D eigenvalue weighted by Crippen LogP contribution is 2.70. The fourth-order valence-corrected chi connectivity index (χ4v) is 9.52. The topological polar surface area (TPSA) is 37.3 Å². The number of aliphatic hydroxyl groups is 1. The maximum absolute atomic E-state index is 12.3. The highest BCUT2D eigenvalue weighted by molar-refractivity contribution is 5.78. The summed E-state index contributed by atoms with van der Waals surface area (Å²) in [6.45, 7) is 4.45. The molecule has 146 valence electrons. The van der Waals surface area contributed by atoms with Gasteiger partial charge in [0.15, 0.2) is 0 Å². The molecule has 5 rings (SSSR count). The van der Waals surface area contributed by atoms with Crippen LogP contribution in [0.4, 0.5) is 0 Å². The molecule has 5 aliphatic carbocycles. The van der Waals surface area contributed by atoms with Gasteiger partial charge in [-0.1, -0.05) is 13.3 Å². The zero-order valence-electron chi connectivity index (χ0n) is 16.9. The van der Waals surface area contributed by atoms with E-state index in [-0.39, 0.29) is 6.10 Å². The van der Waals surface area contributed by atoms with Crippen LogP contribution in [-0.2, 0) is 4.79 Å². The molecular formula is C24H38O2. The van der Waals surface area contributed by atoms with Gasteiger partial charge in [-0.05, 0) is 118 Å². The Labute approximate surface area is 159 Å². The van der Waals surface area contributed by atoms with Crippen LogP contribution in [-0.4, -0.2) is 17.0 Å². The molecule has 0 aromatic rings. The maximum Gasteiger partial charge on any atom is 0.133 e. The van der Waals surface area contributed by atoms with E-state index in [1.54, 1.807) is 0 Å². The van der Waals surface area contributed by atoms with Crippen LogP contribution in [0.3, 0.4) is 0 Å². The summed E-state index contributed by atoms with van der Waals surface area (Å²) in [5.74, 6) is 5.03. The average molecular weight is 359 g/mol. The van der Waals surface area contributed by atoms with Crippen molar-refractivity contribution in [1.82, 2.24) is 0 Å². The molecule has 2 heteroatoms. The first-order valence-electron chi connectivity index (χ1n) is 11.6. The Hall–Kier alpha value is -0.370. The minimum Gasteiger partial charge on any atom is -0.393 e. The third-order valence-electron chi connectivity index (χ3n) is 10.6. The van der Waals surface area contributed by atoms with Crippen LogP contribution in [0.2, 0.25) is 0 Å². The quantitative estimate of drug-likeness (QED) is 0.683. The summed E-state index contributed by atoms with van der Waals surface area (Å²) in [5, 5.41) is 10.2. The average Bonchev–Trinajstić information content (AvgIpc) is 3.02. The molecule has 26 heavy (non-hydrogen) atoms. The molecule has 9 atom stereocenters. The van der Waals surface area contributed by atoms with Crippen molar-refractivity contribution in [3.63, 3.8) is 0 Å². The number of ketones is 1. The van der Waals surface area contributed by atoms with Crippen LogP contribution in [0.15, 0.2) is 0 Å². The van der Waals surface area contributed by atoms with Gasteiger partial charge in [0.25, 0.3) is 0 Å². The van der Waals surface area contributed by atoms with Crippen molar-refractivity contribution in [2.24, 2.45) is 46.3 Å². The van der Waals surface area contributed by atoms with E-state index in [1.165, 1.54) is 64.2 Å². The molecule has 0 aromatic carbocycles. The van der Waals surface area contributed by atoms with Gasteiger partial charge in [0.2, 0.25) is 0 Å². The van der Waals surface area contributed by atoms with Crippen molar-refractivity contribution in [1.29, 1.82) is 0 Å². The number of carbonyl (C=O) groups is 1. The molecule has 0 bridgehead atoms. The SMILES string of the molecule is CC(=O)[C@@H]1CCC[C@]23CCC4C(CC[C@H]5C[C@H](O)CC[C@]45C)C2CC[C@H]13. The number of carbonyl (C=O) groups excluding carboxylic acids is 1. The van der Waals surface area contributed by atoms with Gasteiger partial charge in [0, 0.05) is 5.92 Å². The molecule has 0 amide bonds. The van der Waals surface area contributed by atoms with Gasteiger partial charge >= 0.3 is 0 Å². The van der Waals surface area contributed by atoms with Gasteiger partial charge in [0.1, 0.15) is 5.78 Å². The van der Waals surface area contributed by atoms with Crippen molar-refractivity contribution >= 4 is 5.78 Å². The Kier molecular flexibility index (Phi) is 4.13. The second-order valence-electron chi connectivity index (χ2n) is 11.2. The monoisotopic (exact) mass is 358 g/mol. The minimum absolute atomic E-state index is 0.0370. The predicted octanol–water partition coefficient (Wildman–Crippen LogP) is 5.38. The van der Waals surface area contributed by atoms with Gasteiger partial charge in [-0.2, -0.15) is 0 Å². The molecular weight excluding hydrogens is 320 g/mol. The normalized spacial score (nSPS) is 56.0. The van der Waals surface area contributed by atoms with Crippen LogP contribution in [0.1, 0.15) is 90.9 Å². The number of fused-ring (bicyclic) bond motifs is 4. The molecule has 1 N–H and O–H groups in total. The molecule has 1 spiro atoms. The van der Waals surface area contributed by atoms with Crippen molar-refractivity contribution < 1.29 is 9.90 Å². The van der Waals surface area contributed by atoms with Gasteiger partial charge in [-0.15, -0.1) is 0 Å². The van der Waals surface area contributed by atoms with Crippen LogP contribution in [0, 0.1) is 46.3 Å². The highest BCUT2D eigenvalue weighted by Gasteiger charge is 2.63. The molecule has 0 saturated heterocycles. The van der Waals surface area contributed by atoms with E-state index in [0.717, 1.165) is 36.5 Å². The summed E-state index contributed by atoms with van der Waals surface area (Å²) in [6, 6.07) is 0. The van der Waals surface area contributed by atoms with E-state index in [2.05, 4.69) is 6.92 Å². The Morgan fingerprint density at radius 1 is 0.885 bits per heavy atom. The molecule has 0 radical (unpaired) electrons. The lowest BCUT2D eigenvalue weighted by Crippen LogP contribution is -2.55. The Morgan fingerprint density at radius 3 is 2.50 bits per heavy atom. The molecule has 5 fully saturated rings. The fraction of sp³-hybridized carbons (Fsp3) is 0.958. The lowest BCUT2D eigenvalue weighted by molar-refractivity contribution is -0.147. The van der Waals surface area contributed by atoms with Gasteiger partial charge < -0.3 is 5.11 Å². The second kappa shape index (κ2) is 6.06. The zero-order chi connectivity index (χ0) is 18.1. The smallest absolute Gasteiger partial charge is 0.133 e. The summed E-state index contributed by atoms with van der Waals surface area (Å²) in [4.78, 5) is 12.3. The van der Waals surface area contributed by atoms with Crippen LogP contribution < -0.4 is 0 Å². The van der Waals surface area contributed by atoms with Crippen molar-refractivity contribution in [3.8, 4) is 0 Å². The van der Waals surface area contributed by atoms with E-state index in [9.17, 15) is 9.90 Å². The van der Waals surface area contributed by atoms with E-state index in [0.29, 0.717) is 28.4 Å². The third-order valence-corrected chi connectivity index (χ3v) is 10.6. The largest absolute Gasteiger partial charge is 0.393 e. The van der Waals surface area contributed by atoms with Gasteiger partial charge in [-0.3, -0.25) is 4.79 Å². The van der Waals surface area contributed by atoms with Crippen molar-refractivity contribution in [3.05, 3.63) is 0 Å². The van der Waals surface area contributed by atoms with E-state index in [1.807, 2.05) is 6.92 Å². The summed E-state index contributed by atoms with van der Waals surface area (Å²) in [5.41, 5.74) is 1.00. The van der Waals surface area contributed by atoms with Gasteiger partial charge in [-0.25, -0.2) is 0 Å². The second-order valence-corrected chi connectivity index (χ2v) is 11.2. The maximum atomic E-state index is 12.3. The van der Waals surface area contributed by atoms with E-state index >= 15 is 0 Å². The summed E-state index contributed by atoms with van der Waals surface area (Å²) < 4.78 is 0. The Bertz CT molecular complexity index is 585. The van der Waals surface area contributed by atoms with E-state index in [4.69, 9.17) is 0 Å². The van der Waals surface area contributed by atoms with Crippen LogP contribution in [0.25, 0.3) is 0 Å². The molecule has 5 aliphatic rings. The Morgan fingerprint density at radius 2 is 1.69 bits per heavy atom. The lowest BCUT2D eigenvalue weighted by Gasteiger charge is -2.62. The minimum atomic E-state index is -0.0370. The number of hydrogen-bond acceptors (Lipinski definition) is 2. The number of rotatable bonds is 1.